The minimum atomic E-state index is -0.220. The Hall–Kier alpha value is -1.08. The maximum absolute atomic E-state index is 8.79. The van der Waals surface area contributed by atoms with E-state index in [4.69, 9.17) is 16.1 Å². The van der Waals surface area contributed by atoms with Crippen molar-refractivity contribution in [3.63, 3.8) is 0 Å². The fourth-order valence-electron chi connectivity index (χ4n) is 1.35. The highest BCUT2D eigenvalue weighted by Gasteiger charge is 2.04. The van der Waals surface area contributed by atoms with Gasteiger partial charge in [0.2, 0.25) is 0 Å². The predicted octanol–water partition coefficient (Wildman–Crippen LogP) is 1.15. The molecule has 0 saturated heterocycles. The molecule has 0 radical (unpaired) electrons. The van der Waals surface area contributed by atoms with Gasteiger partial charge in [0.1, 0.15) is 0 Å². The number of nitrogens with two attached hydrogens (primary N) is 1. The normalized spacial score (nSPS) is 11.3. The molecule has 1 atom stereocenters. The van der Waals surface area contributed by atoms with Crippen LogP contribution < -0.4 is 5.73 Å². The fourth-order valence-corrected chi connectivity index (χ4v) is 1.35. The molecule has 15 heavy (non-hydrogen) atoms. The SMILES string of the molecule is Cc1cc(CC(N)CO)ccc1C#N.Cl. The van der Waals surface area contributed by atoms with Crippen molar-refractivity contribution in [2.75, 3.05) is 6.61 Å². The number of aryl methyl sites for hydroxylation is 1. The summed E-state index contributed by atoms with van der Waals surface area (Å²) in [5.74, 6) is 0. The van der Waals surface area contributed by atoms with Crippen molar-refractivity contribution in [2.24, 2.45) is 5.73 Å². The molecule has 1 aromatic rings. The summed E-state index contributed by atoms with van der Waals surface area (Å²) in [6.45, 7) is 1.88. The molecular weight excluding hydrogens is 212 g/mol. The summed E-state index contributed by atoms with van der Waals surface area (Å²) in [5.41, 5.74) is 8.31. The standard InChI is InChI=1S/C11H14N2O.ClH/c1-8-4-9(5-11(13)7-14)2-3-10(8)6-12;/h2-4,11,14H,5,7,13H2,1H3;1H. The minimum Gasteiger partial charge on any atom is -0.395 e. The van der Waals surface area contributed by atoms with Gasteiger partial charge in [0.25, 0.3) is 0 Å². The molecule has 3 N–H and O–H groups in total. The van der Waals surface area contributed by atoms with Crippen molar-refractivity contribution < 1.29 is 5.11 Å². The van der Waals surface area contributed by atoms with E-state index < -0.39 is 0 Å². The molecule has 0 aromatic heterocycles. The zero-order valence-corrected chi connectivity index (χ0v) is 9.42. The molecule has 1 rings (SSSR count). The molecule has 4 heteroatoms. The average Bonchev–Trinajstić information content (AvgIpc) is 2.18. The van der Waals surface area contributed by atoms with Crippen molar-refractivity contribution in [2.45, 2.75) is 19.4 Å². The molecule has 0 fully saturated rings. The van der Waals surface area contributed by atoms with E-state index in [1.165, 1.54) is 0 Å². The molecule has 0 bridgehead atoms. The number of halogens is 1. The third kappa shape index (κ3) is 3.88. The van der Waals surface area contributed by atoms with Gasteiger partial charge < -0.3 is 10.8 Å². The highest BCUT2D eigenvalue weighted by Crippen LogP contribution is 2.11. The van der Waals surface area contributed by atoms with Crippen LogP contribution in [0, 0.1) is 18.3 Å². The summed E-state index contributed by atoms with van der Waals surface area (Å²) in [6.07, 6.45) is 0.642. The number of hydrogen-bond donors (Lipinski definition) is 2. The maximum Gasteiger partial charge on any atom is 0.0994 e. The summed E-state index contributed by atoms with van der Waals surface area (Å²) in [4.78, 5) is 0. The van der Waals surface area contributed by atoms with Crippen molar-refractivity contribution in [3.8, 4) is 6.07 Å². The summed E-state index contributed by atoms with van der Waals surface area (Å²) < 4.78 is 0. The zero-order chi connectivity index (χ0) is 10.6. The summed E-state index contributed by atoms with van der Waals surface area (Å²) in [5, 5.41) is 17.5. The first-order chi connectivity index (χ1) is 6.67. The van der Waals surface area contributed by atoms with Gasteiger partial charge in [-0.1, -0.05) is 12.1 Å². The summed E-state index contributed by atoms with van der Waals surface area (Å²) >= 11 is 0. The van der Waals surface area contributed by atoms with E-state index in [9.17, 15) is 0 Å². The smallest absolute Gasteiger partial charge is 0.0994 e. The van der Waals surface area contributed by atoms with E-state index in [0.29, 0.717) is 12.0 Å². The molecule has 0 aliphatic carbocycles. The molecule has 0 saturated carbocycles. The van der Waals surface area contributed by atoms with Gasteiger partial charge in [-0.05, 0) is 30.5 Å². The van der Waals surface area contributed by atoms with Gasteiger partial charge in [-0.2, -0.15) is 5.26 Å². The van der Waals surface area contributed by atoms with Gasteiger partial charge in [0.15, 0.2) is 0 Å². The van der Waals surface area contributed by atoms with Crippen LogP contribution in [-0.4, -0.2) is 17.8 Å². The van der Waals surface area contributed by atoms with Crippen LogP contribution in [0.1, 0.15) is 16.7 Å². The van der Waals surface area contributed by atoms with Gasteiger partial charge in [0.05, 0.1) is 18.2 Å². The van der Waals surface area contributed by atoms with Crippen LogP contribution >= 0.6 is 12.4 Å². The second-order valence-electron chi connectivity index (χ2n) is 3.41. The van der Waals surface area contributed by atoms with Gasteiger partial charge in [-0.25, -0.2) is 0 Å². The third-order valence-electron chi connectivity index (χ3n) is 2.14. The van der Waals surface area contributed by atoms with E-state index >= 15 is 0 Å². The predicted molar refractivity (Wildman–Crippen MR) is 61.9 cm³/mol. The Morgan fingerprint density at radius 2 is 2.20 bits per heavy atom. The largest absolute Gasteiger partial charge is 0.395 e. The second-order valence-corrected chi connectivity index (χ2v) is 3.41. The van der Waals surface area contributed by atoms with Crippen molar-refractivity contribution in [1.29, 1.82) is 5.26 Å². The van der Waals surface area contributed by atoms with Crippen LogP contribution in [-0.2, 0) is 6.42 Å². The van der Waals surface area contributed by atoms with Gasteiger partial charge in [-0.3, -0.25) is 0 Å². The number of aliphatic hydroxyl groups is 1. The first-order valence-electron chi connectivity index (χ1n) is 4.53. The lowest BCUT2D eigenvalue weighted by Crippen LogP contribution is -2.26. The van der Waals surface area contributed by atoms with Crippen LogP contribution in [0.4, 0.5) is 0 Å². The fraction of sp³-hybridized carbons (Fsp3) is 0.364. The Labute approximate surface area is 95.9 Å². The maximum atomic E-state index is 8.79. The van der Waals surface area contributed by atoms with Crippen LogP contribution in [0.3, 0.4) is 0 Å². The minimum absolute atomic E-state index is 0. The Morgan fingerprint density at radius 3 is 2.67 bits per heavy atom. The molecule has 0 aliphatic rings. The van der Waals surface area contributed by atoms with Crippen molar-refractivity contribution in [3.05, 3.63) is 34.9 Å². The van der Waals surface area contributed by atoms with E-state index in [2.05, 4.69) is 6.07 Å². The van der Waals surface area contributed by atoms with Crippen LogP contribution in [0.5, 0.6) is 0 Å². The molecule has 82 valence electrons. The molecule has 1 aromatic carbocycles. The first-order valence-corrected chi connectivity index (χ1v) is 4.53. The van der Waals surface area contributed by atoms with E-state index in [1.54, 1.807) is 6.07 Å². The lowest BCUT2D eigenvalue weighted by Gasteiger charge is -2.08. The van der Waals surface area contributed by atoms with Gasteiger partial charge >= 0.3 is 0 Å². The summed E-state index contributed by atoms with van der Waals surface area (Å²) in [7, 11) is 0. The lowest BCUT2D eigenvalue weighted by molar-refractivity contribution is 0.265. The Kier molecular flexibility index (Phi) is 5.95. The second kappa shape index (κ2) is 6.41. The zero-order valence-electron chi connectivity index (χ0n) is 8.60. The molecule has 0 heterocycles. The van der Waals surface area contributed by atoms with Crippen LogP contribution in [0.2, 0.25) is 0 Å². The Bertz CT molecular complexity index is 360. The van der Waals surface area contributed by atoms with Crippen molar-refractivity contribution in [1.82, 2.24) is 0 Å². The number of rotatable bonds is 3. The first kappa shape index (κ1) is 13.9. The summed E-state index contributed by atoms with van der Waals surface area (Å²) in [6, 6.07) is 7.49. The molecule has 1 unspecified atom stereocenters. The monoisotopic (exact) mass is 226 g/mol. The van der Waals surface area contributed by atoms with Crippen molar-refractivity contribution >= 4 is 12.4 Å². The molecular formula is C11H15ClN2O. The number of benzene rings is 1. The van der Waals surface area contributed by atoms with Crippen LogP contribution in [0.15, 0.2) is 18.2 Å². The average molecular weight is 227 g/mol. The third-order valence-corrected chi connectivity index (χ3v) is 2.14. The quantitative estimate of drug-likeness (QED) is 0.813. The lowest BCUT2D eigenvalue weighted by atomic mass is 10.0. The highest BCUT2D eigenvalue weighted by molar-refractivity contribution is 5.85. The van der Waals surface area contributed by atoms with Gasteiger partial charge in [0, 0.05) is 6.04 Å². The number of nitrogens with zero attached hydrogens (tertiary/aromatic N) is 1. The van der Waals surface area contributed by atoms with E-state index in [1.807, 2.05) is 19.1 Å². The van der Waals surface area contributed by atoms with Crippen LogP contribution in [0.25, 0.3) is 0 Å². The number of hydrogen-bond acceptors (Lipinski definition) is 3. The Morgan fingerprint density at radius 1 is 1.53 bits per heavy atom. The Balaban J connectivity index is 0.00000196. The molecule has 0 amide bonds. The molecule has 3 nitrogen and oxygen atoms in total. The number of nitriles is 1. The topological polar surface area (TPSA) is 70.0 Å². The van der Waals surface area contributed by atoms with Gasteiger partial charge in [-0.15, -0.1) is 12.4 Å². The molecule has 0 aliphatic heterocycles. The van der Waals surface area contributed by atoms with E-state index in [0.717, 1.165) is 11.1 Å². The molecule has 0 spiro atoms. The number of aliphatic hydroxyl groups excluding tert-OH is 1. The van der Waals surface area contributed by atoms with E-state index in [-0.39, 0.29) is 25.1 Å². The highest BCUT2D eigenvalue weighted by atomic mass is 35.5.